The van der Waals surface area contributed by atoms with Crippen molar-refractivity contribution in [2.24, 2.45) is 0 Å². The van der Waals surface area contributed by atoms with Crippen LogP contribution in [-0.4, -0.2) is 9.55 Å². The number of nitrogens with zero attached hydrogens (tertiary/aromatic N) is 2. The van der Waals surface area contributed by atoms with E-state index in [2.05, 4.69) is 37.2 Å². The molecule has 0 unspecified atom stereocenters. The molecular weight excluding hydrogens is 258 g/mol. The van der Waals surface area contributed by atoms with Gasteiger partial charge >= 0.3 is 0 Å². The molecule has 1 aromatic carbocycles. The molecule has 0 aliphatic carbocycles. The summed E-state index contributed by atoms with van der Waals surface area (Å²) in [5.41, 5.74) is 8.00. The van der Waals surface area contributed by atoms with Crippen molar-refractivity contribution >= 4 is 17.4 Å². The van der Waals surface area contributed by atoms with Gasteiger partial charge in [0.05, 0.1) is 0 Å². The van der Waals surface area contributed by atoms with Crippen LogP contribution in [0.25, 0.3) is 11.3 Å². The third-order valence-corrected chi connectivity index (χ3v) is 3.30. The molecule has 0 atom stereocenters. The molecule has 0 fully saturated rings. The van der Waals surface area contributed by atoms with Gasteiger partial charge in [0, 0.05) is 22.5 Å². The highest BCUT2D eigenvalue weighted by molar-refractivity contribution is 6.30. The Morgan fingerprint density at radius 1 is 1.32 bits per heavy atom. The van der Waals surface area contributed by atoms with Crippen LogP contribution >= 0.6 is 11.6 Å². The van der Waals surface area contributed by atoms with Crippen LogP contribution < -0.4 is 5.73 Å². The Morgan fingerprint density at radius 2 is 2.00 bits per heavy atom. The minimum Gasteiger partial charge on any atom is -0.383 e. The van der Waals surface area contributed by atoms with Gasteiger partial charge in [-0.2, -0.15) is 0 Å². The monoisotopic (exact) mass is 277 g/mol. The minimum atomic E-state index is -0.0841. The van der Waals surface area contributed by atoms with Gasteiger partial charge in [-0.05, 0) is 32.9 Å². The van der Waals surface area contributed by atoms with Crippen LogP contribution in [0.15, 0.2) is 24.3 Å². The fourth-order valence-corrected chi connectivity index (χ4v) is 2.51. The molecule has 3 nitrogen and oxygen atoms in total. The first-order chi connectivity index (χ1) is 8.84. The van der Waals surface area contributed by atoms with Gasteiger partial charge in [0.2, 0.25) is 0 Å². The summed E-state index contributed by atoms with van der Waals surface area (Å²) in [5.74, 6) is 1.70. The highest BCUT2D eigenvalue weighted by atomic mass is 35.5. The number of imidazole rings is 1. The average Bonchev–Trinajstić information content (AvgIpc) is 2.66. The Labute approximate surface area is 119 Å². The van der Waals surface area contributed by atoms with E-state index in [1.54, 1.807) is 0 Å². The molecule has 0 aliphatic heterocycles. The number of hydrogen-bond acceptors (Lipinski definition) is 2. The Morgan fingerprint density at radius 3 is 2.47 bits per heavy atom. The van der Waals surface area contributed by atoms with Crippen LogP contribution in [-0.2, 0) is 12.0 Å². The molecule has 1 aromatic heterocycles. The lowest BCUT2D eigenvalue weighted by atomic mass is 10.1. The lowest BCUT2D eigenvalue weighted by Crippen LogP contribution is -2.25. The van der Waals surface area contributed by atoms with E-state index in [0.717, 1.165) is 23.5 Å². The summed E-state index contributed by atoms with van der Waals surface area (Å²) >= 11 is 6.04. The summed E-state index contributed by atoms with van der Waals surface area (Å²) in [6, 6.07) is 7.64. The van der Waals surface area contributed by atoms with Crippen molar-refractivity contribution in [2.45, 2.75) is 39.7 Å². The number of rotatable bonds is 2. The highest BCUT2D eigenvalue weighted by Crippen LogP contribution is 2.32. The molecule has 0 radical (unpaired) electrons. The fourth-order valence-electron chi connectivity index (χ4n) is 2.32. The SMILES string of the molecule is CCc1nc(-c2cccc(Cl)c2)c(N)n1C(C)(C)C. The van der Waals surface area contributed by atoms with Gasteiger partial charge in [-0.15, -0.1) is 0 Å². The summed E-state index contributed by atoms with van der Waals surface area (Å²) in [5, 5.41) is 0.695. The molecule has 2 aromatic rings. The molecule has 102 valence electrons. The van der Waals surface area contributed by atoms with Crippen LogP contribution in [0.3, 0.4) is 0 Å². The molecule has 1 heterocycles. The largest absolute Gasteiger partial charge is 0.383 e. The average molecular weight is 278 g/mol. The maximum atomic E-state index is 6.31. The first kappa shape index (κ1) is 13.9. The first-order valence-electron chi connectivity index (χ1n) is 6.48. The lowest BCUT2D eigenvalue weighted by Gasteiger charge is -2.24. The van der Waals surface area contributed by atoms with E-state index in [1.807, 2.05) is 24.3 Å². The van der Waals surface area contributed by atoms with Crippen LogP contribution in [0.4, 0.5) is 5.82 Å². The number of benzene rings is 1. The van der Waals surface area contributed by atoms with Gasteiger partial charge in [0.15, 0.2) is 0 Å². The molecular formula is C15H20ClN3. The van der Waals surface area contributed by atoms with Crippen molar-refractivity contribution in [3.63, 3.8) is 0 Å². The molecule has 4 heteroatoms. The number of aryl methyl sites for hydroxylation is 1. The van der Waals surface area contributed by atoms with Crippen LogP contribution in [0.2, 0.25) is 5.02 Å². The van der Waals surface area contributed by atoms with E-state index in [1.165, 1.54) is 0 Å². The van der Waals surface area contributed by atoms with Gasteiger partial charge in [-0.3, -0.25) is 0 Å². The maximum Gasteiger partial charge on any atom is 0.132 e. The lowest BCUT2D eigenvalue weighted by molar-refractivity contribution is 0.389. The molecule has 0 aliphatic rings. The number of aromatic nitrogens is 2. The second-order valence-electron chi connectivity index (χ2n) is 5.63. The van der Waals surface area contributed by atoms with Gasteiger partial charge in [0.1, 0.15) is 17.3 Å². The standard InChI is InChI=1S/C15H20ClN3/c1-5-12-18-13(10-7-6-8-11(16)9-10)14(17)19(12)15(2,3)4/h6-9H,5,17H2,1-4H3. The predicted molar refractivity (Wildman–Crippen MR) is 81.5 cm³/mol. The van der Waals surface area contributed by atoms with Gasteiger partial charge in [-0.1, -0.05) is 30.7 Å². The van der Waals surface area contributed by atoms with E-state index < -0.39 is 0 Å². The molecule has 2 rings (SSSR count). The van der Waals surface area contributed by atoms with Gasteiger partial charge in [0.25, 0.3) is 0 Å². The van der Waals surface area contributed by atoms with E-state index in [0.29, 0.717) is 10.8 Å². The second-order valence-corrected chi connectivity index (χ2v) is 6.07. The van der Waals surface area contributed by atoms with Crippen molar-refractivity contribution < 1.29 is 0 Å². The molecule has 0 bridgehead atoms. The normalized spacial score (nSPS) is 11.8. The van der Waals surface area contributed by atoms with Gasteiger partial charge in [-0.25, -0.2) is 4.98 Å². The third kappa shape index (κ3) is 2.61. The number of nitrogen functional groups attached to an aromatic ring is 1. The third-order valence-electron chi connectivity index (χ3n) is 3.07. The van der Waals surface area contributed by atoms with Crippen molar-refractivity contribution in [2.75, 3.05) is 5.73 Å². The first-order valence-corrected chi connectivity index (χ1v) is 6.86. The Balaban J connectivity index is 2.64. The van der Waals surface area contributed by atoms with E-state index in [9.17, 15) is 0 Å². The van der Waals surface area contributed by atoms with Crippen LogP contribution in [0.1, 0.15) is 33.5 Å². The fraction of sp³-hybridized carbons (Fsp3) is 0.400. The zero-order valence-electron chi connectivity index (χ0n) is 11.9. The summed E-state index contributed by atoms with van der Waals surface area (Å²) in [7, 11) is 0. The molecule has 0 spiro atoms. The number of halogens is 1. The minimum absolute atomic E-state index is 0.0841. The zero-order valence-corrected chi connectivity index (χ0v) is 12.6. The van der Waals surface area contributed by atoms with Gasteiger partial charge < -0.3 is 10.3 Å². The van der Waals surface area contributed by atoms with E-state index in [-0.39, 0.29) is 5.54 Å². The summed E-state index contributed by atoms with van der Waals surface area (Å²) < 4.78 is 2.10. The molecule has 2 N–H and O–H groups in total. The predicted octanol–water partition coefficient (Wildman–Crippen LogP) is 4.10. The Bertz CT molecular complexity index is 594. The van der Waals surface area contributed by atoms with Crippen molar-refractivity contribution in [1.82, 2.24) is 9.55 Å². The Kier molecular flexibility index (Phi) is 3.59. The smallest absolute Gasteiger partial charge is 0.132 e. The summed E-state index contributed by atoms with van der Waals surface area (Å²) in [4.78, 5) is 4.69. The van der Waals surface area contributed by atoms with Crippen molar-refractivity contribution in [3.05, 3.63) is 35.1 Å². The topological polar surface area (TPSA) is 43.8 Å². The van der Waals surface area contributed by atoms with Crippen LogP contribution in [0, 0.1) is 0 Å². The number of anilines is 1. The second kappa shape index (κ2) is 4.89. The quantitative estimate of drug-likeness (QED) is 0.898. The molecule has 19 heavy (non-hydrogen) atoms. The number of nitrogens with two attached hydrogens (primary N) is 1. The maximum absolute atomic E-state index is 6.31. The summed E-state index contributed by atoms with van der Waals surface area (Å²) in [6.45, 7) is 8.48. The summed E-state index contributed by atoms with van der Waals surface area (Å²) in [6.07, 6.45) is 0.849. The van der Waals surface area contributed by atoms with Crippen molar-refractivity contribution in [3.8, 4) is 11.3 Å². The number of hydrogen-bond donors (Lipinski definition) is 1. The Hall–Kier alpha value is -1.48. The van der Waals surface area contributed by atoms with Crippen molar-refractivity contribution in [1.29, 1.82) is 0 Å². The molecule has 0 amide bonds. The highest BCUT2D eigenvalue weighted by Gasteiger charge is 2.23. The van der Waals surface area contributed by atoms with E-state index in [4.69, 9.17) is 17.3 Å². The van der Waals surface area contributed by atoms with Crippen LogP contribution in [0.5, 0.6) is 0 Å². The molecule has 0 saturated heterocycles. The van der Waals surface area contributed by atoms with E-state index >= 15 is 0 Å². The zero-order chi connectivity index (χ0) is 14.2. The molecule has 0 saturated carbocycles.